The minimum atomic E-state index is -3.60. The number of rotatable bonds is 9. The van der Waals surface area contributed by atoms with Crippen molar-refractivity contribution in [1.82, 2.24) is 14.5 Å². The number of benzene rings is 2. The van der Waals surface area contributed by atoms with Crippen LogP contribution < -0.4 is 0 Å². The molecule has 2 aromatic carbocycles. The summed E-state index contributed by atoms with van der Waals surface area (Å²) in [6.45, 7) is 10.1. The minimum Gasteiger partial charge on any atom is -0.411 e. The van der Waals surface area contributed by atoms with Crippen molar-refractivity contribution in [3.05, 3.63) is 59.2 Å². The zero-order valence-corrected chi connectivity index (χ0v) is 20.5. The second-order valence-electron chi connectivity index (χ2n) is 7.41. The first-order valence-electron chi connectivity index (χ1n) is 10.4. The van der Waals surface area contributed by atoms with E-state index in [9.17, 15) is 13.2 Å². The van der Waals surface area contributed by atoms with Crippen LogP contribution in [0.15, 0.2) is 57.0 Å². The van der Waals surface area contributed by atoms with E-state index < -0.39 is 15.3 Å². The molecule has 1 heterocycles. The highest BCUT2D eigenvalue weighted by Crippen LogP contribution is 2.29. The quantitative estimate of drug-likeness (QED) is 0.327. The van der Waals surface area contributed by atoms with Crippen LogP contribution in [0.1, 0.15) is 42.3 Å². The van der Waals surface area contributed by atoms with E-state index in [0.717, 1.165) is 11.1 Å². The molecule has 1 aromatic heterocycles. The summed E-state index contributed by atoms with van der Waals surface area (Å²) in [4.78, 5) is 13.0. The number of nitrogens with zero attached hydrogens (tertiary/aromatic N) is 3. The van der Waals surface area contributed by atoms with Crippen molar-refractivity contribution in [3.8, 4) is 11.5 Å². The predicted octanol–water partition coefficient (Wildman–Crippen LogP) is 4.75. The molecule has 0 unspecified atom stereocenters. The van der Waals surface area contributed by atoms with Gasteiger partial charge in [0.1, 0.15) is 0 Å². The van der Waals surface area contributed by atoms with E-state index in [1.807, 2.05) is 32.0 Å². The zero-order chi connectivity index (χ0) is 23.5. The van der Waals surface area contributed by atoms with Crippen molar-refractivity contribution in [2.24, 2.45) is 0 Å². The normalized spacial score (nSPS) is 12.8. The summed E-state index contributed by atoms with van der Waals surface area (Å²) in [6, 6.07) is 12.1. The van der Waals surface area contributed by atoms with Crippen molar-refractivity contribution in [2.45, 2.75) is 50.0 Å². The number of sulfonamides is 1. The van der Waals surface area contributed by atoms with Crippen LogP contribution in [0.25, 0.3) is 11.5 Å². The minimum absolute atomic E-state index is 0.0230. The monoisotopic (exact) mass is 473 g/mol. The van der Waals surface area contributed by atoms with E-state index in [1.54, 1.807) is 39.0 Å². The second kappa shape index (κ2) is 9.97. The fourth-order valence-electron chi connectivity index (χ4n) is 3.21. The molecular weight excluding hydrogens is 446 g/mol. The topological polar surface area (TPSA) is 93.4 Å². The first kappa shape index (κ1) is 24.2. The highest BCUT2D eigenvalue weighted by atomic mass is 32.2. The number of thioether (sulfide) groups is 1. The second-order valence-corrected chi connectivity index (χ2v) is 10.6. The van der Waals surface area contributed by atoms with Crippen LogP contribution in [-0.4, -0.2) is 47.0 Å². The number of carbonyl (C=O) groups excluding carboxylic acids is 1. The fourth-order valence-corrected chi connectivity index (χ4v) is 5.48. The van der Waals surface area contributed by atoms with Gasteiger partial charge in [-0.25, -0.2) is 8.42 Å². The molecule has 0 amide bonds. The van der Waals surface area contributed by atoms with Crippen LogP contribution in [-0.2, 0) is 10.0 Å². The Morgan fingerprint density at radius 1 is 1.06 bits per heavy atom. The highest BCUT2D eigenvalue weighted by Gasteiger charge is 2.24. The van der Waals surface area contributed by atoms with Crippen LogP contribution in [0.2, 0.25) is 0 Å². The Morgan fingerprint density at radius 2 is 1.78 bits per heavy atom. The molecule has 0 aliphatic carbocycles. The molecule has 0 fully saturated rings. The molecule has 1 atom stereocenters. The Kier molecular flexibility index (Phi) is 7.53. The molecule has 0 aliphatic rings. The van der Waals surface area contributed by atoms with Crippen LogP contribution >= 0.6 is 11.8 Å². The summed E-state index contributed by atoms with van der Waals surface area (Å²) in [6.07, 6.45) is 0. The largest absolute Gasteiger partial charge is 0.411 e. The van der Waals surface area contributed by atoms with Gasteiger partial charge in [-0.15, -0.1) is 10.2 Å². The summed E-state index contributed by atoms with van der Waals surface area (Å²) < 4.78 is 32.7. The standard InChI is InChI=1S/C23H27N3O4S2/c1-6-26(7-2)32(28,29)20-10-8-9-19(14-20)22-24-25-23(30-22)31-17(5)21(27)18-12-11-15(3)16(4)13-18/h8-14,17H,6-7H2,1-5H3/t17-/m1/s1. The fraction of sp³-hybridized carbons (Fsp3) is 0.348. The van der Waals surface area contributed by atoms with Crippen molar-refractivity contribution in [1.29, 1.82) is 0 Å². The molecule has 3 aromatic rings. The number of hydrogen-bond acceptors (Lipinski definition) is 7. The van der Waals surface area contributed by atoms with Gasteiger partial charge >= 0.3 is 0 Å². The molecule has 0 spiro atoms. The predicted molar refractivity (Wildman–Crippen MR) is 125 cm³/mol. The lowest BCUT2D eigenvalue weighted by Gasteiger charge is -2.18. The van der Waals surface area contributed by atoms with Crippen LogP contribution in [0.3, 0.4) is 0 Å². The molecule has 170 valence electrons. The molecule has 0 saturated heterocycles. The van der Waals surface area contributed by atoms with Crippen LogP contribution in [0, 0.1) is 13.8 Å². The molecular formula is C23H27N3O4S2. The third-order valence-corrected chi connectivity index (χ3v) is 8.25. The summed E-state index contributed by atoms with van der Waals surface area (Å²) in [5.41, 5.74) is 3.34. The SMILES string of the molecule is CCN(CC)S(=O)(=O)c1cccc(-c2nnc(S[C@H](C)C(=O)c3ccc(C)c(C)c3)o2)c1. The lowest BCUT2D eigenvalue weighted by atomic mass is 10.0. The highest BCUT2D eigenvalue weighted by molar-refractivity contribution is 8.00. The van der Waals surface area contributed by atoms with Gasteiger partial charge in [0.25, 0.3) is 5.22 Å². The Labute approximate surface area is 193 Å². The molecule has 0 saturated carbocycles. The number of aryl methyl sites for hydroxylation is 2. The Balaban J connectivity index is 1.78. The van der Waals surface area contributed by atoms with Gasteiger partial charge < -0.3 is 4.42 Å². The zero-order valence-electron chi connectivity index (χ0n) is 18.8. The van der Waals surface area contributed by atoms with Crippen molar-refractivity contribution < 1.29 is 17.6 Å². The third kappa shape index (κ3) is 5.11. The molecule has 0 bridgehead atoms. The van der Waals surface area contributed by atoms with Crippen LogP contribution in [0.5, 0.6) is 0 Å². The number of Topliss-reactive ketones (excluding diaryl/α,β-unsaturated/α-hetero) is 1. The van der Waals surface area contributed by atoms with E-state index in [0.29, 0.717) is 24.2 Å². The molecule has 0 aliphatic heterocycles. The number of carbonyl (C=O) groups is 1. The van der Waals surface area contributed by atoms with E-state index in [4.69, 9.17) is 4.42 Å². The molecule has 32 heavy (non-hydrogen) atoms. The van der Waals surface area contributed by atoms with Gasteiger partial charge in [0, 0.05) is 24.2 Å². The lowest BCUT2D eigenvalue weighted by Crippen LogP contribution is -2.30. The maximum Gasteiger partial charge on any atom is 0.277 e. The van der Waals surface area contributed by atoms with Crippen molar-refractivity contribution >= 4 is 27.6 Å². The number of aromatic nitrogens is 2. The van der Waals surface area contributed by atoms with Gasteiger partial charge in [0.15, 0.2) is 5.78 Å². The van der Waals surface area contributed by atoms with Gasteiger partial charge in [0.2, 0.25) is 15.9 Å². The molecule has 9 heteroatoms. The average molecular weight is 474 g/mol. The van der Waals surface area contributed by atoms with Crippen LogP contribution in [0.4, 0.5) is 0 Å². The van der Waals surface area contributed by atoms with Gasteiger partial charge in [-0.1, -0.05) is 43.8 Å². The van der Waals surface area contributed by atoms with Gasteiger partial charge in [-0.3, -0.25) is 4.79 Å². The van der Waals surface area contributed by atoms with Gasteiger partial charge in [-0.05, 0) is 56.2 Å². The third-order valence-electron chi connectivity index (χ3n) is 5.27. The van der Waals surface area contributed by atoms with E-state index in [-0.39, 0.29) is 21.8 Å². The summed E-state index contributed by atoms with van der Waals surface area (Å²) >= 11 is 1.18. The maximum absolute atomic E-state index is 12.8. The summed E-state index contributed by atoms with van der Waals surface area (Å²) in [5.74, 6) is 0.181. The summed E-state index contributed by atoms with van der Waals surface area (Å²) in [7, 11) is -3.60. The van der Waals surface area contributed by atoms with Crippen molar-refractivity contribution in [3.63, 3.8) is 0 Å². The smallest absolute Gasteiger partial charge is 0.277 e. The summed E-state index contributed by atoms with van der Waals surface area (Å²) in [5, 5.41) is 7.92. The molecule has 3 rings (SSSR count). The van der Waals surface area contributed by atoms with Gasteiger partial charge in [-0.2, -0.15) is 4.31 Å². The molecule has 7 nitrogen and oxygen atoms in total. The first-order valence-corrected chi connectivity index (χ1v) is 12.7. The van der Waals surface area contributed by atoms with E-state index in [1.165, 1.54) is 22.1 Å². The lowest BCUT2D eigenvalue weighted by molar-refractivity contribution is 0.0993. The van der Waals surface area contributed by atoms with Gasteiger partial charge in [0.05, 0.1) is 10.1 Å². The molecule has 0 N–H and O–H groups in total. The number of hydrogen-bond donors (Lipinski definition) is 0. The van der Waals surface area contributed by atoms with Crippen molar-refractivity contribution in [2.75, 3.05) is 13.1 Å². The Bertz CT molecular complexity index is 1220. The maximum atomic E-state index is 12.8. The Hall–Kier alpha value is -2.49. The first-order chi connectivity index (χ1) is 15.2. The number of ketones is 1. The molecule has 0 radical (unpaired) electrons. The van der Waals surface area contributed by atoms with E-state index in [2.05, 4.69) is 10.2 Å². The average Bonchev–Trinajstić information content (AvgIpc) is 3.24. The van der Waals surface area contributed by atoms with E-state index >= 15 is 0 Å². The Morgan fingerprint density at radius 3 is 2.44 bits per heavy atom.